The molecule has 1 amide bonds. The molecule has 4 rings (SSSR count). The van der Waals surface area contributed by atoms with Crippen molar-refractivity contribution in [2.75, 3.05) is 43.5 Å². The predicted octanol–water partition coefficient (Wildman–Crippen LogP) is 4.29. The lowest BCUT2D eigenvalue weighted by Crippen LogP contribution is -2.49. The van der Waals surface area contributed by atoms with E-state index in [9.17, 15) is 9.18 Å². The molecule has 2 heterocycles. The zero-order valence-electron chi connectivity index (χ0n) is 17.8. The highest BCUT2D eigenvalue weighted by atomic mass is 35.5. The Labute approximate surface area is 190 Å². The molecule has 3 aromatic rings. The number of amides is 1. The lowest BCUT2D eigenvalue weighted by atomic mass is 10.1. The zero-order valence-corrected chi connectivity index (χ0v) is 18.6. The molecule has 0 bridgehead atoms. The van der Waals surface area contributed by atoms with Crippen LogP contribution in [0.5, 0.6) is 5.75 Å². The van der Waals surface area contributed by atoms with Crippen molar-refractivity contribution in [3.05, 3.63) is 70.6 Å². The number of hydrogen-bond donors (Lipinski definition) is 1. The van der Waals surface area contributed by atoms with Gasteiger partial charge in [-0.05, 0) is 43.3 Å². The van der Waals surface area contributed by atoms with Crippen LogP contribution in [0.15, 0.2) is 48.5 Å². The van der Waals surface area contributed by atoms with E-state index in [1.165, 1.54) is 18.2 Å². The van der Waals surface area contributed by atoms with E-state index in [1.807, 2.05) is 42.2 Å². The first-order valence-corrected chi connectivity index (χ1v) is 10.6. The number of carbonyl (C=O) groups excluding carboxylic acids is 1. The van der Waals surface area contributed by atoms with Crippen molar-refractivity contribution in [2.24, 2.45) is 0 Å². The van der Waals surface area contributed by atoms with Gasteiger partial charge in [0.15, 0.2) is 0 Å². The molecule has 1 aromatic heterocycles. The quantitative estimate of drug-likeness (QED) is 0.618. The molecule has 1 saturated heterocycles. The highest BCUT2D eigenvalue weighted by Crippen LogP contribution is 2.24. The highest BCUT2D eigenvalue weighted by Gasteiger charge is 2.27. The monoisotopic (exact) mass is 455 g/mol. The third-order valence-corrected chi connectivity index (χ3v) is 5.55. The minimum atomic E-state index is -0.610. The SMILES string of the molecule is COc1ccc(Nc2cc(C)nc(N3CCN(C(=O)c4c(F)cccc4Cl)CC3)n2)cc1. The van der Waals surface area contributed by atoms with Gasteiger partial charge in [-0.3, -0.25) is 4.79 Å². The van der Waals surface area contributed by atoms with E-state index in [0.29, 0.717) is 37.9 Å². The fourth-order valence-corrected chi connectivity index (χ4v) is 3.79. The molecule has 9 heteroatoms. The number of piperazine rings is 1. The number of aryl methyl sites for hydroxylation is 1. The van der Waals surface area contributed by atoms with E-state index in [4.69, 9.17) is 16.3 Å². The number of rotatable bonds is 5. The lowest BCUT2D eigenvalue weighted by Gasteiger charge is -2.35. The van der Waals surface area contributed by atoms with Gasteiger partial charge in [-0.1, -0.05) is 17.7 Å². The van der Waals surface area contributed by atoms with Crippen molar-refractivity contribution in [3.63, 3.8) is 0 Å². The van der Waals surface area contributed by atoms with Crippen molar-refractivity contribution < 1.29 is 13.9 Å². The molecule has 0 aliphatic carbocycles. The number of carbonyl (C=O) groups is 1. The Morgan fingerprint density at radius 2 is 1.81 bits per heavy atom. The minimum Gasteiger partial charge on any atom is -0.497 e. The first-order valence-electron chi connectivity index (χ1n) is 10.2. The van der Waals surface area contributed by atoms with Gasteiger partial charge in [0.05, 0.1) is 17.7 Å². The van der Waals surface area contributed by atoms with Crippen LogP contribution in [-0.4, -0.2) is 54.1 Å². The number of halogens is 2. The summed E-state index contributed by atoms with van der Waals surface area (Å²) in [5.41, 5.74) is 1.62. The molecule has 32 heavy (non-hydrogen) atoms. The molecule has 2 aromatic carbocycles. The average Bonchev–Trinajstić information content (AvgIpc) is 2.79. The molecular weight excluding hydrogens is 433 g/mol. The third kappa shape index (κ3) is 4.75. The van der Waals surface area contributed by atoms with E-state index in [-0.39, 0.29) is 10.6 Å². The highest BCUT2D eigenvalue weighted by molar-refractivity contribution is 6.33. The topological polar surface area (TPSA) is 70.6 Å². The van der Waals surface area contributed by atoms with Crippen LogP contribution in [0.3, 0.4) is 0 Å². The summed E-state index contributed by atoms with van der Waals surface area (Å²) in [7, 11) is 1.63. The summed E-state index contributed by atoms with van der Waals surface area (Å²) in [5.74, 6) is 1.02. The van der Waals surface area contributed by atoms with Gasteiger partial charge in [-0.15, -0.1) is 0 Å². The van der Waals surface area contributed by atoms with Gasteiger partial charge in [0.25, 0.3) is 5.91 Å². The number of ether oxygens (including phenoxy) is 1. The van der Waals surface area contributed by atoms with E-state index in [1.54, 1.807) is 12.0 Å². The number of nitrogens with one attached hydrogen (secondary N) is 1. The first-order chi connectivity index (χ1) is 15.4. The molecular formula is C23H23ClFN5O2. The average molecular weight is 456 g/mol. The fourth-order valence-electron chi connectivity index (χ4n) is 3.55. The number of hydrogen-bond acceptors (Lipinski definition) is 6. The molecule has 7 nitrogen and oxygen atoms in total. The molecule has 1 aliphatic rings. The van der Waals surface area contributed by atoms with Gasteiger partial charge in [0.2, 0.25) is 5.95 Å². The second-order valence-corrected chi connectivity index (χ2v) is 7.83. The van der Waals surface area contributed by atoms with E-state index in [2.05, 4.69) is 15.3 Å². The van der Waals surface area contributed by atoms with Crippen LogP contribution in [0.2, 0.25) is 5.02 Å². The normalized spacial score (nSPS) is 13.8. The van der Waals surface area contributed by atoms with Gasteiger partial charge in [-0.25, -0.2) is 9.37 Å². The van der Waals surface area contributed by atoms with Gasteiger partial charge in [0, 0.05) is 43.6 Å². The van der Waals surface area contributed by atoms with Gasteiger partial charge >= 0.3 is 0 Å². The second kappa shape index (κ2) is 9.40. The van der Waals surface area contributed by atoms with Crippen LogP contribution in [0.1, 0.15) is 16.1 Å². The summed E-state index contributed by atoms with van der Waals surface area (Å²) >= 11 is 6.05. The minimum absolute atomic E-state index is 0.0830. The number of anilines is 3. The molecule has 166 valence electrons. The molecule has 0 spiro atoms. The predicted molar refractivity (Wildman–Crippen MR) is 123 cm³/mol. The molecule has 0 unspecified atom stereocenters. The Bertz CT molecular complexity index is 1100. The molecule has 1 aliphatic heterocycles. The summed E-state index contributed by atoms with van der Waals surface area (Å²) < 4.78 is 19.3. The maximum absolute atomic E-state index is 14.1. The second-order valence-electron chi connectivity index (χ2n) is 7.42. The Morgan fingerprint density at radius 1 is 1.09 bits per heavy atom. The molecule has 0 radical (unpaired) electrons. The smallest absolute Gasteiger partial charge is 0.258 e. The maximum atomic E-state index is 14.1. The largest absolute Gasteiger partial charge is 0.497 e. The Hall–Kier alpha value is -3.39. The van der Waals surface area contributed by atoms with Crippen LogP contribution in [-0.2, 0) is 0 Å². The van der Waals surface area contributed by atoms with Crippen LogP contribution >= 0.6 is 11.6 Å². The van der Waals surface area contributed by atoms with E-state index >= 15 is 0 Å². The summed E-state index contributed by atoms with van der Waals surface area (Å²) in [6.07, 6.45) is 0. The van der Waals surface area contributed by atoms with Crippen molar-refractivity contribution in [2.45, 2.75) is 6.92 Å². The standard InChI is InChI=1S/C23H23ClFN5O2/c1-15-14-20(27-16-6-8-17(32-2)9-7-16)28-23(26-15)30-12-10-29(11-13-30)22(31)21-18(24)4-3-5-19(21)25/h3-9,14H,10-13H2,1-2H3,(H,26,27,28). The summed E-state index contributed by atoms with van der Waals surface area (Å²) in [6, 6.07) is 13.7. The Kier molecular flexibility index (Phi) is 6.41. The van der Waals surface area contributed by atoms with Crippen molar-refractivity contribution in [3.8, 4) is 5.75 Å². The van der Waals surface area contributed by atoms with Crippen molar-refractivity contribution in [1.82, 2.24) is 14.9 Å². The maximum Gasteiger partial charge on any atom is 0.258 e. The van der Waals surface area contributed by atoms with Gasteiger partial charge in [0.1, 0.15) is 17.4 Å². The Morgan fingerprint density at radius 3 is 2.47 bits per heavy atom. The first kappa shape index (κ1) is 21.8. The van der Waals surface area contributed by atoms with Crippen molar-refractivity contribution >= 4 is 35.0 Å². The number of methoxy groups -OCH3 is 1. The van der Waals surface area contributed by atoms with Gasteiger partial charge in [-0.2, -0.15) is 4.98 Å². The van der Waals surface area contributed by atoms with E-state index < -0.39 is 11.7 Å². The molecule has 0 saturated carbocycles. The fraction of sp³-hybridized carbons (Fsp3) is 0.261. The molecule has 1 N–H and O–H groups in total. The van der Waals surface area contributed by atoms with Crippen LogP contribution < -0.4 is 15.0 Å². The van der Waals surface area contributed by atoms with Crippen molar-refractivity contribution in [1.29, 1.82) is 0 Å². The summed E-state index contributed by atoms with van der Waals surface area (Å²) in [4.78, 5) is 25.6. The van der Waals surface area contributed by atoms with Gasteiger partial charge < -0.3 is 19.9 Å². The van der Waals surface area contributed by atoms with Crippen LogP contribution in [0, 0.1) is 12.7 Å². The number of benzene rings is 2. The Balaban J connectivity index is 1.44. The number of nitrogens with zero attached hydrogens (tertiary/aromatic N) is 4. The lowest BCUT2D eigenvalue weighted by molar-refractivity contribution is 0.0741. The molecule has 0 atom stereocenters. The zero-order chi connectivity index (χ0) is 22.7. The third-order valence-electron chi connectivity index (χ3n) is 5.23. The summed E-state index contributed by atoms with van der Waals surface area (Å²) in [5, 5.41) is 3.40. The molecule has 1 fully saturated rings. The van der Waals surface area contributed by atoms with Crippen LogP contribution in [0.4, 0.5) is 21.8 Å². The number of aromatic nitrogens is 2. The summed E-state index contributed by atoms with van der Waals surface area (Å²) in [6.45, 7) is 3.81. The van der Waals surface area contributed by atoms with Crippen LogP contribution in [0.25, 0.3) is 0 Å². The van der Waals surface area contributed by atoms with E-state index in [0.717, 1.165) is 17.1 Å².